The van der Waals surface area contributed by atoms with Crippen molar-refractivity contribution in [2.75, 3.05) is 19.0 Å². The molecule has 0 bridgehead atoms. The van der Waals surface area contributed by atoms with E-state index in [1.54, 1.807) is 0 Å². The number of benzene rings is 1. The number of anilines is 1. The Balaban J connectivity index is 2.37. The molecule has 0 aliphatic carbocycles. The van der Waals surface area contributed by atoms with E-state index in [2.05, 4.69) is 27.0 Å². The number of nitrogens with zero attached hydrogens (tertiary/aromatic N) is 3. The molecule has 86 valence electrons. The van der Waals surface area contributed by atoms with Crippen molar-refractivity contribution in [3.8, 4) is 16.6 Å². The van der Waals surface area contributed by atoms with Crippen LogP contribution in [0.2, 0.25) is 0 Å². The highest BCUT2D eigenvalue weighted by molar-refractivity contribution is 9.10. The summed E-state index contributed by atoms with van der Waals surface area (Å²) in [6.45, 7) is 0. The number of halogens is 1. The van der Waals surface area contributed by atoms with Crippen molar-refractivity contribution >= 4 is 33.0 Å². The van der Waals surface area contributed by atoms with Gasteiger partial charge in [0.2, 0.25) is 0 Å². The van der Waals surface area contributed by atoms with Crippen molar-refractivity contribution in [2.24, 2.45) is 0 Å². The molecule has 0 N–H and O–H groups in total. The predicted molar refractivity (Wildman–Crippen MR) is 74.3 cm³/mol. The summed E-state index contributed by atoms with van der Waals surface area (Å²) in [5, 5.41) is 9.74. The van der Waals surface area contributed by atoms with Crippen LogP contribution in [0, 0.1) is 11.3 Å². The SMILES string of the molecule is CN(C)c1ccc(-c2nc(Br)c(C#N)s2)cc1. The summed E-state index contributed by atoms with van der Waals surface area (Å²) in [5.41, 5.74) is 2.17. The lowest BCUT2D eigenvalue weighted by Gasteiger charge is -2.11. The second-order valence-electron chi connectivity index (χ2n) is 3.69. The van der Waals surface area contributed by atoms with Gasteiger partial charge in [-0.2, -0.15) is 5.26 Å². The Hall–Kier alpha value is -1.38. The van der Waals surface area contributed by atoms with E-state index in [-0.39, 0.29) is 0 Å². The van der Waals surface area contributed by atoms with E-state index < -0.39 is 0 Å². The Morgan fingerprint density at radius 3 is 2.41 bits per heavy atom. The topological polar surface area (TPSA) is 39.9 Å². The molecule has 17 heavy (non-hydrogen) atoms. The van der Waals surface area contributed by atoms with Gasteiger partial charge in [-0.05, 0) is 40.2 Å². The zero-order chi connectivity index (χ0) is 12.4. The molecule has 1 aromatic heterocycles. The molecule has 0 aliphatic rings. The van der Waals surface area contributed by atoms with Crippen molar-refractivity contribution in [2.45, 2.75) is 0 Å². The van der Waals surface area contributed by atoms with E-state index in [4.69, 9.17) is 5.26 Å². The molecule has 2 rings (SSSR count). The Morgan fingerprint density at radius 1 is 1.29 bits per heavy atom. The van der Waals surface area contributed by atoms with Gasteiger partial charge in [-0.25, -0.2) is 4.98 Å². The maximum Gasteiger partial charge on any atom is 0.139 e. The molecular weight excluding hydrogens is 298 g/mol. The quantitative estimate of drug-likeness (QED) is 0.852. The summed E-state index contributed by atoms with van der Waals surface area (Å²) >= 11 is 4.67. The van der Waals surface area contributed by atoms with Crippen molar-refractivity contribution in [3.05, 3.63) is 33.7 Å². The summed E-state index contributed by atoms with van der Waals surface area (Å²) < 4.78 is 0.622. The molecule has 2 aromatic rings. The second kappa shape index (κ2) is 4.86. The van der Waals surface area contributed by atoms with Crippen LogP contribution in [0.25, 0.3) is 10.6 Å². The van der Waals surface area contributed by atoms with Crippen LogP contribution in [0.1, 0.15) is 4.88 Å². The van der Waals surface area contributed by atoms with E-state index in [9.17, 15) is 0 Å². The summed E-state index contributed by atoms with van der Waals surface area (Å²) in [6, 6.07) is 10.2. The molecule has 1 heterocycles. The lowest BCUT2D eigenvalue weighted by atomic mass is 10.2. The molecule has 0 spiro atoms. The average molecular weight is 308 g/mol. The normalized spacial score (nSPS) is 10.0. The number of hydrogen-bond acceptors (Lipinski definition) is 4. The van der Waals surface area contributed by atoms with Crippen LogP contribution < -0.4 is 4.90 Å². The van der Waals surface area contributed by atoms with Gasteiger partial charge in [0.15, 0.2) is 0 Å². The largest absolute Gasteiger partial charge is 0.378 e. The number of rotatable bonds is 2. The molecule has 3 nitrogen and oxygen atoms in total. The molecule has 1 aromatic carbocycles. The lowest BCUT2D eigenvalue weighted by Crippen LogP contribution is -2.07. The van der Waals surface area contributed by atoms with Crippen LogP contribution in [0.3, 0.4) is 0 Å². The monoisotopic (exact) mass is 307 g/mol. The molecule has 0 saturated carbocycles. The van der Waals surface area contributed by atoms with Gasteiger partial charge in [-0.1, -0.05) is 0 Å². The Bertz CT molecular complexity index is 566. The van der Waals surface area contributed by atoms with Crippen LogP contribution in [0.15, 0.2) is 28.9 Å². The fourth-order valence-corrected chi connectivity index (χ4v) is 2.78. The molecule has 0 amide bonds. The van der Waals surface area contributed by atoms with Crippen LogP contribution in [0.4, 0.5) is 5.69 Å². The maximum atomic E-state index is 8.88. The van der Waals surface area contributed by atoms with Gasteiger partial charge in [-0.15, -0.1) is 11.3 Å². The zero-order valence-corrected chi connectivity index (χ0v) is 11.8. The van der Waals surface area contributed by atoms with Crippen LogP contribution in [-0.2, 0) is 0 Å². The highest BCUT2D eigenvalue weighted by Gasteiger charge is 2.09. The summed E-state index contributed by atoms with van der Waals surface area (Å²) in [5.74, 6) is 0. The van der Waals surface area contributed by atoms with Gasteiger partial charge in [-0.3, -0.25) is 0 Å². The van der Waals surface area contributed by atoms with E-state index in [0.29, 0.717) is 9.48 Å². The van der Waals surface area contributed by atoms with Crippen LogP contribution >= 0.6 is 27.3 Å². The highest BCUT2D eigenvalue weighted by atomic mass is 79.9. The summed E-state index contributed by atoms with van der Waals surface area (Å²) in [4.78, 5) is 6.98. The van der Waals surface area contributed by atoms with Crippen LogP contribution in [-0.4, -0.2) is 19.1 Å². The fourth-order valence-electron chi connectivity index (χ4n) is 1.40. The minimum atomic E-state index is 0.608. The third kappa shape index (κ3) is 2.48. The van der Waals surface area contributed by atoms with E-state index in [1.165, 1.54) is 11.3 Å². The second-order valence-corrected chi connectivity index (χ2v) is 5.44. The zero-order valence-electron chi connectivity index (χ0n) is 9.44. The molecule has 0 unspecified atom stereocenters. The Kier molecular flexibility index (Phi) is 3.46. The van der Waals surface area contributed by atoms with Crippen molar-refractivity contribution < 1.29 is 0 Å². The molecule has 0 atom stereocenters. The molecular formula is C12H10BrN3S. The molecule has 5 heteroatoms. The first-order valence-electron chi connectivity index (χ1n) is 4.96. The number of hydrogen-bond donors (Lipinski definition) is 0. The molecule has 0 saturated heterocycles. The van der Waals surface area contributed by atoms with Gasteiger partial charge in [0.25, 0.3) is 0 Å². The van der Waals surface area contributed by atoms with E-state index >= 15 is 0 Å². The third-order valence-electron chi connectivity index (χ3n) is 2.32. The third-order valence-corrected chi connectivity index (χ3v) is 4.16. The Morgan fingerprint density at radius 2 is 1.94 bits per heavy atom. The van der Waals surface area contributed by atoms with Crippen molar-refractivity contribution in [3.63, 3.8) is 0 Å². The number of nitriles is 1. The van der Waals surface area contributed by atoms with Gasteiger partial charge >= 0.3 is 0 Å². The lowest BCUT2D eigenvalue weighted by molar-refractivity contribution is 1.13. The number of thiazole rings is 1. The van der Waals surface area contributed by atoms with Gasteiger partial charge in [0.1, 0.15) is 20.6 Å². The standard InChI is InChI=1S/C12H10BrN3S/c1-16(2)9-5-3-8(4-6-9)12-15-11(13)10(7-14)17-12/h3-6H,1-2H3. The Labute approximate surface area is 112 Å². The van der Waals surface area contributed by atoms with Crippen LogP contribution in [0.5, 0.6) is 0 Å². The van der Waals surface area contributed by atoms with E-state index in [0.717, 1.165) is 16.3 Å². The number of aromatic nitrogens is 1. The fraction of sp³-hybridized carbons (Fsp3) is 0.167. The summed E-state index contributed by atoms with van der Waals surface area (Å²) in [6.07, 6.45) is 0. The smallest absolute Gasteiger partial charge is 0.139 e. The van der Waals surface area contributed by atoms with Crippen molar-refractivity contribution in [1.29, 1.82) is 5.26 Å². The predicted octanol–water partition coefficient (Wildman–Crippen LogP) is 3.51. The first-order chi connectivity index (χ1) is 8.11. The van der Waals surface area contributed by atoms with E-state index in [1.807, 2.05) is 43.3 Å². The first-order valence-corrected chi connectivity index (χ1v) is 6.57. The average Bonchev–Trinajstić information content (AvgIpc) is 2.70. The molecule has 0 aliphatic heterocycles. The van der Waals surface area contributed by atoms with Gasteiger partial charge in [0.05, 0.1) is 0 Å². The maximum absolute atomic E-state index is 8.88. The van der Waals surface area contributed by atoms with Gasteiger partial charge in [0, 0.05) is 25.3 Å². The first kappa shape index (κ1) is 12.1. The molecule has 0 fully saturated rings. The summed E-state index contributed by atoms with van der Waals surface area (Å²) in [7, 11) is 4.01. The highest BCUT2D eigenvalue weighted by Crippen LogP contribution is 2.31. The minimum absolute atomic E-state index is 0.608. The van der Waals surface area contributed by atoms with Crippen molar-refractivity contribution in [1.82, 2.24) is 4.98 Å². The molecule has 0 radical (unpaired) electrons. The van der Waals surface area contributed by atoms with Gasteiger partial charge < -0.3 is 4.90 Å². The minimum Gasteiger partial charge on any atom is -0.378 e.